The third kappa shape index (κ3) is 98.4. The molecule has 0 spiro atoms. The Kier molecular flexibility index (Phi) is 88.9. The van der Waals surface area contributed by atoms with Gasteiger partial charge in [-0.05, 0) is 378 Å². The van der Waals surface area contributed by atoms with Crippen molar-refractivity contribution in [3.63, 3.8) is 0 Å². The van der Waals surface area contributed by atoms with E-state index in [1.165, 1.54) is 128 Å². The highest BCUT2D eigenvalue weighted by molar-refractivity contribution is 5.85. The highest BCUT2D eigenvalue weighted by Crippen LogP contribution is 2.56. The maximum atomic E-state index is 11.7. The number of ketones is 2. The summed E-state index contributed by atoms with van der Waals surface area (Å²) in [6, 6.07) is 0. The third-order valence-corrected chi connectivity index (χ3v) is 32.5. The Balaban J connectivity index is -0.000000237. The van der Waals surface area contributed by atoms with Gasteiger partial charge in [-0.2, -0.15) is 0 Å². The van der Waals surface area contributed by atoms with Crippen LogP contribution < -0.4 is 0 Å². The number of allylic oxidation sites excluding steroid dienone is 1. The average molecular weight is 2090 g/mol. The highest BCUT2D eigenvalue weighted by Gasteiger charge is 2.55. The second-order valence-corrected chi connectivity index (χ2v) is 63.5. The summed E-state index contributed by atoms with van der Waals surface area (Å²) >= 11 is 0. The van der Waals surface area contributed by atoms with E-state index < -0.39 is 0 Å². The van der Waals surface area contributed by atoms with Crippen LogP contribution in [-0.4, -0.2) is 43.0 Å². The molecule has 894 valence electrons. The van der Waals surface area contributed by atoms with Gasteiger partial charge in [-0.25, -0.2) is 0 Å². The van der Waals surface area contributed by atoms with Crippen molar-refractivity contribution in [3.05, 3.63) is 24.5 Å². The van der Waals surface area contributed by atoms with E-state index in [-0.39, 0.29) is 16.8 Å². The van der Waals surface area contributed by atoms with Gasteiger partial charge >= 0.3 is 5.97 Å². The number of carbonyl (C=O) groups is 3. The number of rotatable bonds is 41. The van der Waals surface area contributed by atoms with Crippen LogP contribution in [0, 0.1) is 214 Å². The first-order chi connectivity index (χ1) is 66.8. The monoisotopic (exact) mass is 2090 g/mol. The van der Waals surface area contributed by atoms with Gasteiger partial charge in [0.2, 0.25) is 0 Å². The van der Waals surface area contributed by atoms with E-state index in [1.807, 2.05) is 6.92 Å². The normalized spacial score (nSPS) is 18.5. The number of epoxide rings is 1. The summed E-state index contributed by atoms with van der Waals surface area (Å²) < 4.78 is 15.6. The smallest absolute Gasteiger partial charge is 0.312 e. The number of esters is 1. The summed E-state index contributed by atoms with van der Waals surface area (Å²) in [5.74, 6) is 24.3. The fourth-order valence-electron chi connectivity index (χ4n) is 20.9. The molecule has 6 heteroatoms. The maximum absolute atomic E-state index is 11.7. The van der Waals surface area contributed by atoms with Crippen LogP contribution in [0.5, 0.6) is 0 Å². The molecular formula is C142H290O6. The van der Waals surface area contributed by atoms with Gasteiger partial charge in [0.05, 0.1) is 24.7 Å². The molecule has 2 saturated heterocycles. The van der Waals surface area contributed by atoms with Crippen LogP contribution in [0.2, 0.25) is 0 Å². The molecule has 10 atom stereocenters. The van der Waals surface area contributed by atoms with Gasteiger partial charge in [0.15, 0.2) is 0 Å². The van der Waals surface area contributed by atoms with E-state index in [0.29, 0.717) is 98.4 Å². The molecule has 2 aliphatic heterocycles. The molecule has 0 aromatic rings. The van der Waals surface area contributed by atoms with Crippen molar-refractivity contribution in [1.29, 1.82) is 0 Å². The Labute approximate surface area is 940 Å². The summed E-state index contributed by atoms with van der Waals surface area (Å²) in [7, 11) is 0. The molecule has 0 bridgehead atoms. The van der Waals surface area contributed by atoms with Crippen molar-refractivity contribution < 1.29 is 28.6 Å². The van der Waals surface area contributed by atoms with Gasteiger partial charge in [0.1, 0.15) is 23.4 Å². The molecule has 10 unspecified atom stereocenters. The molecule has 0 aromatic heterocycles. The number of hydrogen-bond acceptors (Lipinski definition) is 6. The lowest BCUT2D eigenvalue weighted by atomic mass is 9.66. The van der Waals surface area contributed by atoms with Gasteiger partial charge in [-0.15, -0.1) is 0 Å². The first kappa shape index (κ1) is 161. The van der Waals surface area contributed by atoms with Crippen molar-refractivity contribution in [3.8, 4) is 0 Å². The largest absolute Gasteiger partial charge is 0.490 e. The van der Waals surface area contributed by atoms with E-state index in [4.69, 9.17) is 14.2 Å². The van der Waals surface area contributed by atoms with Crippen LogP contribution in [0.4, 0.5) is 0 Å². The lowest BCUT2D eigenvalue weighted by molar-refractivity contribution is -0.152. The molecule has 5 aliphatic carbocycles. The zero-order chi connectivity index (χ0) is 118. The molecule has 7 fully saturated rings. The summed E-state index contributed by atoms with van der Waals surface area (Å²) in [4.78, 5) is 34.1. The van der Waals surface area contributed by atoms with Gasteiger partial charge < -0.3 is 14.2 Å². The van der Waals surface area contributed by atoms with E-state index in [9.17, 15) is 14.4 Å². The van der Waals surface area contributed by atoms with Crippen LogP contribution in [0.1, 0.15) is 636 Å². The molecule has 0 aromatic carbocycles. The highest BCUT2D eigenvalue weighted by atomic mass is 16.6. The van der Waals surface area contributed by atoms with Crippen LogP contribution in [0.15, 0.2) is 24.5 Å². The second kappa shape index (κ2) is 81.6. The standard InChI is InChI=1S/C12H22O2.C11H20O.C10H16O.6C10H22.2C9H18.C9H20.C8H14O.C8H18.C6H12O/c1-5-14-11(13)12(6-7-12)10(4)8-9(2)3;1-8(2)7-9(3)11(5-6-11)10(4)12;1-7(2)5-10-6-8(3)9(4)11-10;4*1-8(2)7-9(3)10(4,5)6;1-8(2)6-10(5)7-9(3)4;1-6-10(5,7-2)8-9(3)4;1-7(2)6-8(3)9-4-5-9;1-8(2)7-9(3)5-4-6-9;1-7(2)6-9(5)8(3)4;1-6(2)5-8(9)7-3-4-7;1-7(2)6-8(3,4)5;1-5(2)3-6-4-7-6/h9-10H,5-8H2,1-4H3;8-9H,5-7H2,1-4H3;7,10H,3-6H2,1-2H3;4*8-9H,7H2,1-6H3;8-10H,6-7H2,1-5H3;9H,6-8H2,1-5H3;7-9H,4-6H2,1-3H3;8H,4-7H2,1-3H3;7-9H,6H2,1-5H3;6-7H,3-5H2,1-2H3;7H,6H2,1-5H3;5-6H,3-4H2,1-2H3. The predicted octanol–water partition coefficient (Wildman–Crippen LogP) is 47.5. The second-order valence-electron chi connectivity index (χ2n) is 63.5. The Morgan fingerprint density at radius 2 is 0.689 bits per heavy atom. The van der Waals surface area contributed by atoms with E-state index in [2.05, 4.69) is 442 Å². The van der Waals surface area contributed by atoms with Crippen molar-refractivity contribution in [2.45, 2.75) is 648 Å². The molecule has 148 heavy (non-hydrogen) atoms. The van der Waals surface area contributed by atoms with Gasteiger partial charge in [0.25, 0.3) is 0 Å². The van der Waals surface area contributed by atoms with Gasteiger partial charge in [0, 0.05) is 24.2 Å². The first-order valence-corrected chi connectivity index (χ1v) is 63.6. The summed E-state index contributed by atoms with van der Waals surface area (Å²) in [6.45, 7) is 155. The topological polar surface area (TPSA) is 82.2 Å². The minimum Gasteiger partial charge on any atom is -0.490 e. The third-order valence-electron chi connectivity index (χ3n) is 32.5. The molecule has 0 amide bonds. The molecule has 5 saturated carbocycles. The SMILES string of the molecule is C=C1CC(CC(C)C)OC1=C.CC(=O)C1(C(C)CC(C)C)CC1.CC(C)CC(=O)C1CC1.CC(C)CC(C)(C)C.CC(C)CC(C)C(C)(C)C.CC(C)CC(C)C(C)(C)C.CC(C)CC(C)C(C)(C)C.CC(C)CC(C)C(C)(C)C.CC(C)CC(C)C(C)C.CC(C)CC(C)C1CC1.CC(C)CC(C)CC(C)C.CC(C)CC1(C)CCC1.CC(C)CC1CO1.CCC(C)(CC)CC(C)C.CCOC(=O)C1(C(C)CC(C)C)CC1. The molecule has 6 nitrogen and oxygen atoms in total. The van der Waals surface area contributed by atoms with E-state index >= 15 is 0 Å². The lowest BCUT2D eigenvalue weighted by Crippen LogP contribution is -2.26. The Hall–Kier alpha value is -1.95. The van der Waals surface area contributed by atoms with E-state index in [1.54, 1.807) is 6.92 Å². The van der Waals surface area contributed by atoms with Crippen LogP contribution in [0.25, 0.3) is 0 Å². The van der Waals surface area contributed by atoms with Crippen LogP contribution in [-0.2, 0) is 28.6 Å². The van der Waals surface area contributed by atoms with E-state index in [0.717, 1.165) is 218 Å². The quantitative estimate of drug-likeness (QED) is 0.0448. The number of ether oxygens (including phenoxy) is 3. The zero-order valence-corrected chi connectivity index (χ0v) is 115. The molecule has 7 aliphatic rings. The van der Waals surface area contributed by atoms with Crippen LogP contribution in [0.3, 0.4) is 0 Å². The van der Waals surface area contributed by atoms with Crippen LogP contribution >= 0.6 is 0 Å². The summed E-state index contributed by atoms with van der Waals surface area (Å²) in [5, 5.41) is 0. The summed E-state index contributed by atoms with van der Waals surface area (Å²) in [6.07, 6.45) is 39.3. The predicted molar refractivity (Wildman–Crippen MR) is 675 cm³/mol. The van der Waals surface area contributed by atoms with Gasteiger partial charge in [-0.3, -0.25) is 14.4 Å². The Morgan fingerprint density at radius 1 is 0.372 bits per heavy atom. The zero-order valence-electron chi connectivity index (χ0n) is 115. The average Bonchev–Trinajstić information content (AvgIpc) is 1.62. The first-order valence-electron chi connectivity index (χ1n) is 63.6. The Bertz CT molecular complexity index is 2980. The lowest BCUT2D eigenvalue weighted by Gasteiger charge is -2.39. The minimum absolute atomic E-state index is 0.0353. The van der Waals surface area contributed by atoms with Crippen molar-refractivity contribution in [1.82, 2.24) is 0 Å². The fraction of sp³-hybridized carbons (Fsp3) is 0.951. The molecular weight excluding hydrogens is 1800 g/mol. The number of Topliss-reactive ketones (excluding diaryl/α,β-unsaturated/α-hetero) is 2. The number of carbonyl (C=O) groups excluding carboxylic acids is 3. The molecule has 7 rings (SSSR count). The molecule has 2 heterocycles. The van der Waals surface area contributed by atoms with Crippen molar-refractivity contribution in [2.24, 2.45) is 214 Å². The number of hydrogen-bond donors (Lipinski definition) is 0. The Morgan fingerprint density at radius 3 is 0.851 bits per heavy atom. The minimum atomic E-state index is -0.111. The summed E-state index contributed by atoms with van der Waals surface area (Å²) in [5.41, 5.74) is 4.89. The van der Waals surface area contributed by atoms with Crippen molar-refractivity contribution >= 4 is 17.5 Å². The van der Waals surface area contributed by atoms with Crippen molar-refractivity contribution in [2.75, 3.05) is 13.2 Å². The van der Waals surface area contributed by atoms with Gasteiger partial charge in [-0.1, -0.05) is 462 Å². The molecule has 0 N–H and O–H groups in total. The maximum Gasteiger partial charge on any atom is 0.312 e. The molecule has 0 radical (unpaired) electrons. The fourth-order valence-corrected chi connectivity index (χ4v) is 20.9.